The first-order chi connectivity index (χ1) is 19.5. The van der Waals surface area contributed by atoms with Crippen molar-refractivity contribution in [3.05, 3.63) is 47.6 Å². The van der Waals surface area contributed by atoms with Gasteiger partial charge in [-0.15, -0.1) is 0 Å². The minimum absolute atomic E-state index is 0.0603. The van der Waals surface area contributed by atoms with Crippen molar-refractivity contribution in [1.29, 1.82) is 0 Å². The fourth-order valence-corrected chi connectivity index (χ4v) is 11.7. The summed E-state index contributed by atoms with van der Waals surface area (Å²) in [6.07, 6.45) is 18.7. The molecular formula is C39H56O3. The zero-order valence-corrected chi connectivity index (χ0v) is 27.7. The lowest BCUT2D eigenvalue weighted by Crippen LogP contribution is -2.66. The van der Waals surface area contributed by atoms with Gasteiger partial charge in [0.1, 0.15) is 11.9 Å². The average molecular weight is 573 g/mol. The van der Waals surface area contributed by atoms with Crippen LogP contribution in [0.15, 0.2) is 42.0 Å². The fraction of sp³-hybridized carbons (Fsp3) is 0.718. The SMILES string of the molecule is CC1(C)C=C2C3CCC4[C@@]5(C)CC[C@H](OC(=O)/C=C/c6ccc(O)cc6)C(C)(C)C5CC[C@@]4(C)[C@]3(C)CC[C@@]2(C)CC1. The molecule has 0 radical (unpaired) electrons. The molecule has 0 bridgehead atoms. The Labute approximate surface area is 255 Å². The molecular weight excluding hydrogens is 516 g/mol. The molecule has 4 fully saturated rings. The van der Waals surface area contributed by atoms with E-state index in [1.54, 1.807) is 24.3 Å². The summed E-state index contributed by atoms with van der Waals surface area (Å²) in [4.78, 5) is 13.0. The van der Waals surface area contributed by atoms with Gasteiger partial charge in [-0.25, -0.2) is 4.79 Å². The zero-order chi connectivity index (χ0) is 30.3. The van der Waals surface area contributed by atoms with E-state index in [0.717, 1.165) is 30.2 Å². The number of ether oxygens (including phenoxy) is 1. The van der Waals surface area contributed by atoms with Gasteiger partial charge in [0.25, 0.3) is 0 Å². The highest BCUT2D eigenvalue weighted by Gasteiger charge is 2.69. The quantitative estimate of drug-likeness (QED) is 0.223. The summed E-state index contributed by atoms with van der Waals surface area (Å²) < 4.78 is 6.22. The van der Waals surface area contributed by atoms with Crippen molar-refractivity contribution >= 4 is 12.0 Å². The van der Waals surface area contributed by atoms with Gasteiger partial charge < -0.3 is 9.84 Å². The van der Waals surface area contributed by atoms with E-state index in [1.165, 1.54) is 51.4 Å². The molecule has 230 valence electrons. The first-order valence-electron chi connectivity index (χ1n) is 17.0. The summed E-state index contributed by atoms with van der Waals surface area (Å²) in [6.45, 7) is 20.3. The Bertz CT molecular complexity index is 1280. The smallest absolute Gasteiger partial charge is 0.331 e. The van der Waals surface area contributed by atoms with Gasteiger partial charge in [0.05, 0.1) is 0 Å². The lowest BCUT2D eigenvalue weighted by atomic mass is 9.32. The van der Waals surface area contributed by atoms with Gasteiger partial charge in [0.15, 0.2) is 0 Å². The molecule has 0 amide bonds. The van der Waals surface area contributed by atoms with E-state index in [1.807, 2.05) is 17.7 Å². The number of phenols is 1. The van der Waals surface area contributed by atoms with E-state index >= 15 is 0 Å². The monoisotopic (exact) mass is 572 g/mol. The first-order valence-corrected chi connectivity index (χ1v) is 17.0. The molecule has 3 nitrogen and oxygen atoms in total. The van der Waals surface area contributed by atoms with Crippen molar-refractivity contribution in [2.24, 2.45) is 50.2 Å². The van der Waals surface area contributed by atoms with Crippen LogP contribution in [-0.4, -0.2) is 17.2 Å². The number of hydrogen-bond acceptors (Lipinski definition) is 3. The van der Waals surface area contributed by atoms with Crippen LogP contribution < -0.4 is 0 Å². The van der Waals surface area contributed by atoms with Crippen LogP contribution in [0.4, 0.5) is 0 Å². The van der Waals surface area contributed by atoms with Crippen LogP contribution in [0.3, 0.4) is 0 Å². The minimum Gasteiger partial charge on any atom is -0.508 e. The maximum atomic E-state index is 13.0. The molecule has 42 heavy (non-hydrogen) atoms. The molecule has 0 aromatic heterocycles. The van der Waals surface area contributed by atoms with E-state index in [4.69, 9.17) is 4.74 Å². The zero-order valence-electron chi connectivity index (χ0n) is 27.7. The molecule has 1 aromatic rings. The van der Waals surface area contributed by atoms with Gasteiger partial charge >= 0.3 is 5.97 Å². The third-order valence-corrected chi connectivity index (χ3v) is 14.5. The Kier molecular flexibility index (Phi) is 6.96. The Balaban J connectivity index is 1.23. The molecule has 1 aromatic carbocycles. The van der Waals surface area contributed by atoms with Gasteiger partial charge in [-0.3, -0.25) is 0 Å². The molecule has 0 aliphatic heterocycles. The summed E-state index contributed by atoms with van der Waals surface area (Å²) in [5.41, 5.74) is 4.36. The number of hydrogen-bond donors (Lipinski definition) is 1. The summed E-state index contributed by atoms with van der Waals surface area (Å²) in [5, 5.41) is 9.54. The van der Waals surface area contributed by atoms with Gasteiger partial charge in [0.2, 0.25) is 0 Å². The number of phenolic OH excluding ortho intramolecular Hbond substituents is 1. The Morgan fingerprint density at radius 1 is 0.786 bits per heavy atom. The molecule has 4 saturated carbocycles. The average Bonchev–Trinajstić information content (AvgIpc) is 2.91. The van der Waals surface area contributed by atoms with Crippen LogP contribution in [0.2, 0.25) is 0 Å². The highest BCUT2D eigenvalue weighted by Crippen LogP contribution is 2.76. The molecule has 3 unspecified atom stereocenters. The van der Waals surface area contributed by atoms with Crippen LogP contribution in [0.25, 0.3) is 6.08 Å². The number of carbonyl (C=O) groups excluding carboxylic acids is 1. The van der Waals surface area contributed by atoms with Gasteiger partial charge in [-0.1, -0.05) is 79.2 Å². The van der Waals surface area contributed by atoms with Crippen LogP contribution >= 0.6 is 0 Å². The molecule has 5 aliphatic rings. The lowest BCUT2D eigenvalue weighted by molar-refractivity contribution is -0.232. The van der Waals surface area contributed by atoms with Gasteiger partial charge in [0, 0.05) is 11.5 Å². The highest BCUT2D eigenvalue weighted by molar-refractivity contribution is 5.87. The molecule has 8 atom stereocenters. The molecule has 3 heteroatoms. The van der Waals surface area contributed by atoms with Crippen molar-refractivity contribution in [3.63, 3.8) is 0 Å². The number of carbonyl (C=O) groups is 1. The van der Waals surface area contributed by atoms with Crippen LogP contribution in [-0.2, 0) is 9.53 Å². The molecule has 0 spiro atoms. The molecule has 1 N–H and O–H groups in total. The minimum atomic E-state index is -0.257. The number of allylic oxidation sites excluding steroid dienone is 2. The summed E-state index contributed by atoms with van der Waals surface area (Å²) >= 11 is 0. The second-order valence-corrected chi connectivity index (χ2v) is 17.5. The predicted molar refractivity (Wildman–Crippen MR) is 172 cm³/mol. The van der Waals surface area contributed by atoms with Crippen molar-refractivity contribution in [1.82, 2.24) is 0 Å². The summed E-state index contributed by atoms with van der Waals surface area (Å²) in [5.74, 6) is 1.97. The number of rotatable bonds is 3. The second kappa shape index (κ2) is 9.73. The molecule has 0 heterocycles. The summed E-state index contributed by atoms with van der Waals surface area (Å²) in [7, 11) is 0. The van der Waals surface area contributed by atoms with Gasteiger partial charge in [-0.2, -0.15) is 0 Å². The van der Waals surface area contributed by atoms with Crippen LogP contribution in [0.1, 0.15) is 125 Å². The maximum absolute atomic E-state index is 13.0. The van der Waals surface area contributed by atoms with E-state index < -0.39 is 0 Å². The lowest BCUT2D eigenvalue weighted by Gasteiger charge is -2.72. The van der Waals surface area contributed by atoms with Crippen molar-refractivity contribution < 1.29 is 14.6 Å². The molecule has 5 aliphatic carbocycles. The topological polar surface area (TPSA) is 46.5 Å². The van der Waals surface area contributed by atoms with Gasteiger partial charge in [-0.05, 0) is 133 Å². The molecule has 6 rings (SSSR count). The summed E-state index contributed by atoms with van der Waals surface area (Å²) in [6, 6.07) is 6.89. The largest absolute Gasteiger partial charge is 0.508 e. The third kappa shape index (κ3) is 4.45. The third-order valence-electron chi connectivity index (χ3n) is 14.5. The maximum Gasteiger partial charge on any atom is 0.331 e. The Morgan fingerprint density at radius 3 is 2.19 bits per heavy atom. The van der Waals surface area contributed by atoms with E-state index in [-0.39, 0.29) is 28.7 Å². The van der Waals surface area contributed by atoms with E-state index in [9.17, 15) is 9.90 Å². The number of esters is 1. The predicted octanol–water partition coefficient (Wildman–Crippen LogP) is 10.1. The molecule has 0 saturated heterocycles. The first kappa shape index (κ1) is 30.0. The standard InChI is InChI=1S/C39H56O3/c1-34(2)21-22-36(5)23-24-38(7)28(29(36)25-34)14-15-31-37(6)19-18-32(35(3,4)30(37)17-20-39(31,38)8)42-33(41)16-11-26-9-12-27(40)13-10-26/h9-13,16,25,28,30-32,40H,14-15,17-24H2,1-8H3/b16-11+/t28?,30?,31?,32-,36+,37-,38+,39+/m0/s1. The number of aromatic hydroxyl groups is 1. The van der Waals surface area contributed by atoms with Crippen LogP contribution in [0, 0.1) is 50.2 Å². The van der Waals surface area contributed by atoms with E-state index in [0.29, 0.717) is 27.6 Å². The second-order valence-electron chi connectivity index (χ2n) is 17.5. The number of fused-ring (bicyclic) bond motifs is 7. The van der Waals surface area contributed by atoms with Crippen molar-refractivity contribution in [3.8, 4) is 5.75 Å². The highest BCUT2D eigenvalue weighted by atomic mass is 16.5. The Hall–Kier alpha value is -2.03. The normalized spacial score (nSPS) is 43.8. The van der Waals surface area contributed by atoms with Crippen molar-refractivity contribution in [2.45, 2.75) is 126 Å². The van der Waals surface area contributed by atoms with E-state index in [2.05, 4.69) is 61.5 Å². The Morgan fingerprint density at radius 2 is 1.48 bits per heavy atom. The number of benzene rings is 1. The van der Waals surface area contributed by atoms with Crippen LogP contribution in [0.5, 0.6) is 5.75 Å². The van der Waals surface area contributed by atoms with Crippen molar-refractivity contribution in [2.75, 3.05) is 0 Å². The fourth-order valence-electron chi connectivity index (χ4n) is 11.7.